The largest absolute Gasteiger partial charge is 0.493 e. The Balaban J connectivity index is 1.53. The highest BCUT2D eigenvalue weighted by Gasteiger charge is 2.52. The van der Waals surface area contributed by atoms with Gasteiger partial charge < -0.3 is 14.4 Å². The van der Waals surface area contributed by atoms with Gasteiger partial charge in [0, 0.05) is 19.6 Å². The molecule has 8 nitrogen and oxygen atoms in total. The Bertz CT molecular complexity index is 1280. The number of amides is 1. The van der Waals surface area contributed by atoms with Crippen LogP contribution in [0.2, 0.25) is 10.0 Å². The van der Waals surface area contributed by atoms with E-state index in [0.29, 0.717) is 48.2 Å². The van der Waals surface area contributed by atoms with Gasteiger partial charge in [-0.1, -0.05) is 43.1 Å². The van der Waals surface area contributed by atoms with Crippen molar-refractivity contribution >= 4 is 39.1 Å². The lowest BCUT2D eigenvalue weighted by molar-refractivity contribution is -0.133. The number of hydrogen-bond acceptors (Lipinski definition) is 6. The highest BCUT2D eigenvalue weighted by molar-refractivity contribution is 7.89. The van der Waals surface area contributed by atoms with E-state index in [1.807, 2.05) is 23.1 Å². The van der Waals surface area contributed by atoms with E-state index in [2.05, 4.69) is 19.2 Å². The van der Waals surface area contributed by atoms with Gasteiger partial charge >= 0.3 is 0 Å². The van der Waals surface area contributed by atoms with E-state index in [1.54, 1.807) is 14.2 Å². The van der Waals surface area contributed by atoms with Gasteiger partial charge in [-0.3, -0.25) is 10.1 Å². The van der Waals surface area contributed by atoms with Crippen LogP contribution in [0.5, 0.6) is 11.5 Å². The molecule has 0 saturated carbocycles. The van der Waals surface area contributed by atoms with E-state index < -0.39 is 15.7 Å². The summed E-state index contributed by atoms with van der Waals surface area (Å²) in [5.41, 5.74) is 0.425. The zero-order valence-electron chi connectivity index (χ0n) is 22.2. The van der Waals surface area contributed by atoms with Crippen LogP contribution in [0.25, 0.3) is 0 Å². The van der Waals surface area contributed by atoms with Crippen molar-refractivity contribution in [3.8, 4) is 11.5 Å². The second-order valence-electron chi connectivity index (χ2n) is 10.3. The van der Waals surface area contributed by atoms with Crippen LogP contribution < -0.4 is 14.8 Å². The SMILES string of the molecule is COc1ccc(CCN2C(=O)[C@@H](CC(C)C)NC23CCN(S(=O)(=O)c2ccc(Cl)c(Cl)c2)CC3)cc1OC. The molecule has 2 aromatic carbocycles. The number of sulfonamides is 1. The van der Waals surface area contributed by atoms with E-state index in [0.717, 1.165) is 12.0 Å². The fourth-order valence-electron chi connectivity index (χ4n) is 5.39. The molecule has 2 aliphatic heterocycles. The minimum absolute atomic E-state index is 0.0694. The molecule has 2 aromatic rings. The van der Waals surface area contributed by atoms with Gasteiger partial charge in [0.15, 0.2) is 11.5 Å². The summed E-state index contributed by atoms with van der Waals surface area (Å²) in [4.78, 5) is 15.6. The fourth-order valence-corrected chi connectivity index (χ4v) is 7.22. The van der Waals surface area contributed by atoms with Crippen LogP contribution in [-0.2, 0) is 21.2 Å². The fraction of sp³-hybridized carbons (Fsp3) is 0.519. The molecule has 0 unspecified atom stereocenters. The number of piperidine rings is 1. The predicted octanol–water partition coefficient (Wildman–Crippen LogP) is 4.58. The number of carbonyl (C=O) groups excluding carboxylic acids is 1. The van der Waals surface area contributed by atoms with Crippen molar-refractivity contribution in [1.82, 2.24) is 14.5 Å². The monoisotopic (exact) mass is 583 g/mol. The minimum Gasteiger partial charge on any atom is -0.493 e. The van der Waals surface area contributed by atoms with Gasteiger partial charge in [0.05, 0.1) is 40.9 Å². The average molecular weight is 585 g/mol. The molecule has 1 N–H and O–H groups in total. The molecule has 38 heavy (non-hydrogen) atoms. The molecule has 2 heterocycles. The summed E-state index contributed by atoms with van der Waals surface area (Å²) in [6, 6.07) is 9.82. The number of halogens is 2. The molecule has 0 bridgehead atoms. The summed E-state index contributed by atoms with van der Waals surface area (Å²) in [6.07, 6.45) is 2.33. The van der Waals surface area contributed by atoms with Gasteiger partial charge in [0.25, 0.3) is 0 Å². The van der Waals surface area contributed by atoms with Gasteiger partial charge in [-0.15, -0.1) is 0 Å². The third-order valence-corrected chi connectivity index (χ3v) is 10.0. The van der Waals surface area contributed by atoms with Gasteiger partial charge in [-0.25, -0.2) is 8.42 Å². The zero-order valence-corrected chi connectivity index (χ0v) is 24.5. The molecular formula is C27H35Cl2N3O5S. The molecule has 4 rings (SSSR count). The van der Waals surface area contributed by atoms with Crippen LogP contribution in [-0.4, -0.2) is 69.1 Å². The first-order chi connectivity index (χ1) is 18.0. The van der Waals surface area contributed by atoms with Crippen LogP contribution in [0.3, 0.4) is 0 Å². The summed E-state index contributed by atoms with van der Waals surface area (Å²) in [5.74, 6) is 1.71. The molecule has 1 amide bonds. The van der Waals surface area contributed by atoms with Crippen molar-refractivity contribution in [2.24, 2.45) is 5.92 Å². The summed E-state index contributed by atoms with van der Waals surface area (Å²) in [5, 5.41) is 4.11. The van der Waals surface area contributed by atoms with E-state index in [4.69, 9.17) is 32.7 Å². The number of rotatable bonds is 9. The number of nitrogens with one attached hydrogen (secondary N) is 1. The molecule has 11 heteroatoms. The Morgan fingerprint density at radius 1 is 1.03 bits per heavy atom. The average Bonchev–Trinajstić information content (AvgIpc) is 3.13. The number of nitrogens with zero attached hydrogens (tertiary/aromatic N) is 2. The van der Waals surface area contributed by atoms with Crippen molar-refractivity contribution in [2.75, 3.05) is 33.9 Å². The van der Waals surface area contributed by atoms with Crippen LogP contribution in [0.4, 0.5) is 0 Å². The Labute approximate surface area is 235 Å². The number of methoxy groups -OCH3 is 2. The van der Waals surface area contributed by atoms with Crippen molar-refractivity contribution in [3.63, 3.8) is 0 Å². The second-order valence-corrected chi connectivity index (χ2v) is 13.0. The number of hydrogen-bond donors (Lipinski definition) is 1. The topological polar surface area (TPSA) is 88.2 Å². The lowest BCUT2D eigenvalue weighted by atomic mass is 9.96. The molecule has 0 aliphatic carbocycles. The molecular weight excluding hydrogens is 549 g/mol. The summed E-state index contributed by atoms with van der Waals surface area (Å²) >= 11 is 12.1. The molecule has 208 valence electrons. The van der Waals surface area contributed by atoms with E-state index >= 15 is 0 Å². The minimum atomic E-state index is -3.75. The molecule has 2 saturated heterocycles. The Morgan fingerprint density at radius 2 is 1.71 bits per heavy atom. The standard InChI is InChI=1S/C27H35Cl2N3O5S/c1-18(2)15-23-26(33)32(12-9-19-5-8-24(36-3)25(16-19)37-4)27(30-23)10-13-31(14-11-27)38(34,35)20-6-7-21(28)22(29)17-20/h5-8,16-18,23,30H,9-15H2,1-4H3/t23-/m1/s1. The van der Waals surface area contributed by atoms with Gasteiger partial charge in [0.2, 0.25) is 15.9 Å². The third-order valence-electron chi connectivity index (χ3n) is 7.38. The predicted molar refractivity (Wildman–Crippen MR) is 149 cm³/mol. The van der Waals surface area contributed by atoms with E-state index in [1.165, 1.54) is 22.5 Å². The first kappa shape index (κ1) is 29.0. The van der Waals surface area contributed by atoms with Crippen molar-refractivity contribution in [3.05, 3.63) is 52.0 Å². The van der Waals surface area contributed by atoms with Crippen LogP contribution in [0.15, 0.2) is 41.3 Å². The summed E-state index contributed by atoms with van der Waals surface area (Å²) in [6.45, 7) is 5.27. The highest BCUT2D eigenvalue weighted by Crippen LogP contribution is 2.37. The van der Waals surface area contributed by atoms with E-state index in [-0.39, 0.29) is 35.0 Å². The second kappa shape index (κ2) is 11.6. The van der Waals surface area contributed by atoms with Gasteiger partial charge in [-0.2, -0.15) is 4.31 Å². The van der Waals surface area contributed by atoms with Gasteiger partial charge in [-0.05, 0) is 67.5 Å². The van der Waals surface area contributed by atoms with Crippen LogP contribution in [0, 0.1) is 5.92 Å². The normalized spacial score (nSPS) is 19.9. The number of benzene rings is 2. The van der Waals surface area contributed by atoms with Crippen LogP contribution >= 0.6 is 23.2 Å². The lowest BCUT2D eigenvalue weighted by Crippen LogP contribution is -2.59. The maximum atomic E-state index is 13.6. The first-order valence-electron chi connectivity index (χ1n) is 12.8. The molecule has 0 radical (unpaired) electrons. The molecule has 2 fully saturated rings. The van der Waals surface area contributed by atoms with Crippen molar-refractivity contribution in [1.29, 1.82) is 0 Å². The van der Waals surface area contributed by atoms with E-state index in [9.17, 15) is 13.2 Å². The number of carbonyl (C=O) groups is 1. The Hall–Kier alpha value is -2.04. The third kappa shape index (κ3) is 5.77. The maximum absolute atomic E-state index is 13.6. The number of ether oxygens (including phenoxy) is 2. The quantitative estimate of drug-likeness (QED) is 0.465. The highest BCUT2D eigenvalue weighted by atomic mass is 35.5. The van der Waals surface area contributed by atoms with Crippen LogP contribution in [0.1, 0.15) is 38.7 Å². The molecule has 1 atom stereocenters. The smallest absolute Gasteiger partial charge is 0.243 e. The summed E-state index contributed by atoms with van der Waals surface area (Å²) in [7, 11) is -0.553. The summed E-state index contributed by atoms with van der Waals surface area (Å²) < 4.78 is 38.9. The lowest BCUT2D eigenvalue weighted by Gasteiger charge is -2.44. The zero-order chi connectivity index (χ0) is 27.7. The molecule has 1 spiro atoms. The van der Waals surface area contributed by atoms with Crippen molar-refractivity contribution in [2.45, 2.75) is 56.1 Å². The molecule has 2 aliphatic rings. The maximum Gasteiger partial charge on any atom is 0.243 e. The van der Waals surface area contributed by atoms with Gasteiger partial charge in [0.1, 0.15) is 0 Å². The Morgan fingerprint density at radius 3 is 2.32 bits per heavy atom. The first-order valence-corrected chi connectivity index (χ1v) is 15.0. The molecule has 0 aromatic heterocycles. The van der Waals surface area contributed by atoms with Crippen molar-refractivity contribution < 1.29 is 22.7 Å². The Kier molecular flexibility index (Phi) is 8.84.